The van der Waals surface area contributed by atoms with Crippen molar-refractivity contribution in [1.82, 2.24) is 9.38 Å². The fourth-order valence-corrected chi connectivity index (χ4v) is 3.08. The molecular weight excluding hydrogens is 336 g/mol. The Balaban J connectivity index is 1.38. The molecule has 3 heterocycles. The molecule has 3 aromatic rings. The molecule has 24 heavy (non-hydrogen) atoms. The van der Waals surface area contributed by atoms with E-state index in [2.05, 4.69) is 10.3 Å². The van der Waals surface area contributed by atoms with Gasteiger partial charge in [0.05, 0.1) is 6.54 Å². The number of thiazole rings is 1. The minimum absolute atomic E-state index is 0.0747. The zero-order valence-corrected chi connectivity index (χ0v) is 13.1. The van der Waals surface area contributed by atoms with Gasteiger partial charge in [-0.25, -0.2) is 0 Å². The van der Waals surface area contributed by atoms with Crippen LogP contribution in [0.3, 0.4) is 0 Å². The van der Waals surface area contributed by atoms with Crippen molar-refractivity contribution in [3.05, 3.63) is 39.9 Å². The van der Waals surface area contributed by atoms with Crippen LogP contribution in [0.1, 0.15) is 0 Å². The molecule has 0 amide bonds. The fourth-order valence-electron chi connectivity index (χ4n) is 2.37. The summed E-state index contributed by atoms with van der Waals surface area (Å²) in [5, 5.41) is 15.9. The van der Waals surface area contributed by atoms with E-state index in [1.54, 1.807) is 29.8 Å². The highest BCUT2D eigenvalue weighted by molar-refractivity contribution is 7.15. The molecule has 0 unspecified atom stereocenters. The van der Waals surface area contributed by atoms with E-state index >= 15 is 0 Å². The van der Waals surface area contributed by atoms with Gasteiger partial charge in [-0.15, -0.1) is 0 Å². The number of nitrogens with zero attached hydrogens (tertiary/aromatic N) is 3. The number of hydrogen-bond acceptors (Lipinski definition) is 8. The van der Waals surface area contributed by atoms with Crippen LogP contribution in [0.4, 0.5) is 11.6 Å². The molecule has 0 saturated carbocycles. The molecule has 0 spiro atoms. The standard InChI is InChI=1S/C14H12N4O5S/c19-18(20)13-12(16-14-17(13)4-6-24-14)15-3-5-21-9-1-2-10-11(7-9)23-8-22-10/h1-2,4,6-7,15H,3,5,8H2. The molecule has 9 nitrogen and oxygen atoms in total. The van der Waals surface area contributed by atoms with E-state index in [1.807, 2.05) is 0 Å². The summed E-state index contributed by atoms with van der Waals surface area (Å²) in [6, 6.07) is 5.30. The van der Waals surface area contributed by atoms with Gasteiger partial charge in [-0.3, -0.25) is 0 Å². The normalized spacial score (nSPS) is 12.5. The maximum atomic E-state index is 11.2. The molecule has 10 heteroatoms. The lowest BCUT2D eigenvalue weighted by atomic mass is 10.3. The third-order valence-electron chi connectivity index (χ3n) is 3.42. The van der Waals surface area contributed by atoms with Gasteiger partial charge in [0.15, 0.2) is 11.5 Å². The lowest BCUT2D eigenvalue weighted by Gasteiger charge is -2.07. The fraction of sp³-hybridized carbons (Fsp3) is 0.214. The van der Waals surface area contributed by atoms with E-state index in [0.717, 1.165) is 0 Å². The van der Waals surface area contributed by atoms with Crippen molar-refractivity contribution in [2.75, 3.05) is 25.3 Å². The number of anilines is 1. The number of aromatic nitrogens is 2. The van der Waals surface area contributed by atoms with Crippen LogP contribution in [0.25, 0.3) is 4.96 Å². The molecule has 1 aliphatic heterocycles. The zero-order valence-electron chi connectivity index (χ0n) is 12.3. The first kappa shape index (κ1) is 14.6. The Morgan fingerprint density at radius 2 is 2.29 bits per heavy atom. The summed E-state index contributed by atoms with van der Waals surface area (Å²) in [6.45, 7) is 0.906. The molecule has 1 N–H and O–H groups in total. The molecule has 0 saturated heterocycles. The first-order valence-corrected chi connectivity index (χ1v) is 7.96. The number of benzene rings is 1. The largest absolute Gasteiger partial charge is 0.492 e. The summed E-state index contributed by atoms with van der Waals surface area (Å²) in [6.07, 6.45) is 1.62. The Morgan fingerprint density at radius 1 is 1.42 bits per heavy atom. The minimum atomic E-state index is -0.451. The van der Waals surface area contributed by atoms with Gasteiger partial charge in [0.2, 0.25) is 12.6 Å². The van der Waals surface area contributed by atoms with E-state index in [4.69, 9.17) is 14.2 Å². The predicted octanol–water partition coefficient (Wildman–Crippen LogP) is 2.52. The molecule has 0 aliphatic carbocycles. The average Bonchev–Trinajstić information content (AvgIpc) is 3.25. The molecular formula is C14H12N4O5S. The second-order valence-electron chi connectivity index (χ2n) is 4.89. The van der Waals surface area contributed by atoms with Crippen molar-refractivity contribution in [1.29, 1.82) is 0 Å². The summed E-state index contributed by atoms with van der Waals surface area (Å²) in [5.41, 5.74) is 0. The first-order valence-electron chi connectivity index (χ1n) is 7.08. The highest BCUT2D eigenvalue weighted by Gasteiger charge is 2.23. The van der Waals surface area contributed by atoms with Crippen LogP contribution in [0.15, 0.2) is 29.8 Å². The lowest BCUT2D eigenvalue weighted by Crippen LogP contribution is -2.12. The van der Waals surface area contributed by atoms with E-state index in [-0.39, 0.29) is 18.4 Å². The van der Waals surface area contributed by atoms with Crippen LogP contribution in [0.2, 0.25) is 0 Å². The number of rotatable bonds is 6. The smallest absolute Gasteiger partial charge is 0.372 e. The van der Waals surface area contributed by atoms with Gasteiger partial charge in [-0.1, -0.05) is 11.3 Å². The maximum Gasteiger partial charge on any atom is 0.372 e. The SMILES string of the molecule is O=[N+]([O-])c1c(NCCOc2ccc3c(c2)OCO3)nc2sccn12. The zero-order chi connectivity index (χ0) is 16.5. The molecule has 0 atom stereocenters. The Morgan fingerprint density at radius 3 is 3.17 bits per heavy atom. The first-order chi connectivity index (χ1) is 11.7. The minimum Gasteiger partial charge on any atom is -0.492 e. The summed E-state index contributed by atoms with van der Waals surface area (Å²) < 4.78 is 17.6. The van der Waals surface area contributed by atoms with Crippen LogP contribution in [-0.2, 0) is 0 Å². The molecule has 2 aromatic heterocycles. The van der Waals surface area contributed by atoms with Gasteiger partial charge >= 0.3 is 5.82 Å². The second kappa shape index (κ2) is 5.89. The number of imidazole rings is 1. The van der Waals surface area contributed by atoms with Crippen LogP contribution in [0.5, 0.6) is 17.2 Å². The van der Waals surface area contributed by atoms with Gasteiger partial charge in [-0.2, -0.15) is 9.38 Å². The number of hydrogen-bond donors (Lipinski definition) is 1. The van der Waals surface area contributed by atoms with Gasteiger partial charge in [-0.05, 0) is 17.1 Å². The number of fused-ring (bicyclic) bond motifs is 2. The highest BCUT2D eigenvalue weighted by Crippen LogP contribution is 2.35. The van der Waals surface area contributed by atoms with Gasteiger partial charge in [0.25, 0.3) is 4.96 Å². The number of ether oxygens (including phenoxy) is 3. The molecule has 0 bridgehead atoms. The van der Waals surface area contributed by atoms with Crippen LogP contribution in [-0.4, -0.2) is 34.3 Å². The average molecular weight is 348 g/mol. The Labute approximate surface area is 139 Å². The molecule has 1 aliphatic rings. The monoisotopic (exact) mass is 348 g/mol. The second-order valence-corrected chi connectivity index (χ2v) is 5.76. The van der Waals surface area contributed by atoms with Crippen molar-refractivity contribution in [3.63, 3.8) is 0 Å². The summed E-state index contributed by atoms with van der Waals surface area (Å²) in [4.78, 5) is 15.6. The highest BCUT2D eigenvalue weighted by atomic mass is 32.1. The molecule has 0 fully saturated rings. The Kier molecular flexibility index (Phi) is 3.58. The topological polar surface area (TPSA) is 100 Å². The van der Waals surface area contributed by atoms with Crippen LogP contribution < -0.4 is 19.5 Å². The molecule has 4 rings (SSSR count). The third kappa shape index (κ3) is 2.56. The molecule has 0 radical (unpaired) electrons. The third-order valence-corrected chi connectivity index (χ3v) is 4.17. The van der Waals surface area contributed by atoms with Crippen molar-refractivity contribution in [2.24, 2.45) is 0 Å². The summed E-state index contributed by atoms with van der Waals surface area (Å²) >= 11 is 1.34. The Bertz CT molecular complexity index is 906. The summed E-state index contributed by atoms with van der Waals surface area (Å²) in [5.74, 6) is 2.14. The van der Waals surface area contributed by atoms with E-state index < -0.39 is 4.92 Å². The van der Waals surface area contributed by atoms with Crippen molar-refractivity contribution < 1.29 is 19.1 Å². The maximum absolute atomic E-state index is 11.2. The quantitative estimate of drug-likeness (QED) is 0.415. The van der Waals surface area contributed by atoms with E-state index in [9.17, 15) is 10.1 Å². The van der Waals surface area contributed by atoms with Gasteiger partial charge in [0, 0.05) is 11.4 Å². The molecule has 1 aromatic carbocycles. The van der Waals surface area contributed by atoms with Crippen LogP contribution >= 0.6 is 11.3 Å². The lowest BCUT2D eigenvalue weighted by molar-refractivity contribution is -0.389. The van der Waals surface area contributed by atoms with Gasteiger partial charge < -0.3 is 29.6 Å². The van der Waals surface area contributed by atoms with Crippen molar-refractivity contribution in [2.45, 2.75) is 0 Å². The molecule has 124 valence electrons. The number of nitrogens with one attached hydrogen (secondary N) is 1. The van der Waals surface area contributed by atoms with E-state index in [0.29, 0.717) is 35.4 Å². The van der Waals surface area contributed by atoms with Crippen molar-refractivity contribution in [3.8, 4) is 17.2 Å². The predicted molar refractivity (Wildman–Crippen MR) is 86.3 cm³/mol. The summed E-state index contributed by atoms with van der Waals surface area (Å²) in [7, 11) is 0. The van der Waals surface area contributed by atoms with Crippen molar-refractivity contribution >= 4 is 27.9 Å². The van der Waals surface area contributed by atoms with E-state index in [1.165, 1.54) is 15.7 Å². The number of nitro groups is 1. The van der Waals surface area contributed by atoms with Gasteiger partial charge in [0.1, 0.15) is 18.6 Å². The van der Waals surface area contributed by atoms with Crippen LogP contribution in [0, 0.1) is 10.1 Å². The Hall–Kier alpha value is -3.01.